The Morgan fingerprint density at radius 2 is 2.04 bits per heavy atom. The third kappa shape index (κ3) is 3.50. The van der Waals surface area contributed by atoms with Crippen molar-refractivity contribution in [3.63, 3.8) is 0 Å². The molecule has 1 amide bonds. The van der Waals surface area contributed by atoms with Crippen molar-refractivity contribution in [3.05, 3.63) is 52.7 Å². The molecule has 0 aliphatic heterocycles. The molecule has 0 saturated carbocycles. The molecule has 0 fully saturated rings. The molecule has 1 heterocycles. The van der Waals surface area contributed by atoms with Crippen LogP contribution in [0.25, 0.3) is 0 Å². The zero-order valence-electron chi connectivity index (χ0n) is 12.9. The van der Waals surface area contributed by atoms with Gasteiger partial charge >= 0.3 is 5.97 Å². The number of carboxylic acid groups (broad SMARTS) is 1. The maximum atomic E-state index is 13.4. The van der Waals surface area contributed by atoms with Crippen molar-refractivity contribution in [2.75, 3.05) is 14.2 Å². The van der Waals surface area contributed by atoms with E-state index in [1.165, 1.54) is 37.3 Å². The Bertz CT molecular complexity index is 753. The molecule has 0 radical (unpaired) electrons. The SMILES string of the molecule is COc1cc(C(=O)N(C)Cc2cc(C(=O)O)c(C)o2)ccc1F. The molecule has 0 bridgehead atoms. The Hall–Kier alpha value is -2.83. The number of hydrogen-bond acceptors (Lipinski definition) is 4. The van der Waals surface area contributed by atoms with Crippen LogP contribution >= 0.6 is 0 Å². The Balaban J connectivity index is 2.17. The molecule has 0 saturated heterocycles. The molecular formula is C16H16FNO5. The minimum Gasteiger partial charge on any atom is -0.494 e. The number of aromatic carboxylic acids is 1. The number of hydrogen-bond donors (Lipinski definition) is 1. The summed E-state index contributed by atoms with van der Waals surface area (Å²) in [5, 5.41) is 8.99. The molecule has 0 spiro atoms. The molecule has 2 rings (SSSR count). The number of halogens is 1. The van der Waals surface area contributed by atoms with Crippen LogP contribution in [0.15, 0.2) is 28.7 Å². The third-order valence-corrected chi connectivity index (χ3v) is 3.34. The van der Waals surface area contributed by atoms with Crippen LogP contribution in [-0.4, -0.2) is 36.0 Å². The Labute approximate surface area is 132 Å². The molecule has 122 valence electrons. The normalized spacial score (nSPS) is 10.4. The van der Waals surface area contributed by atoms with E-state index in [-0.39, 0.29) is 35.1 Å². The average molecular weight is 321 g/mol. The molecule has 0 aliphatic rings. The highest BCUT2D eigenvalue weighted by molar-refractivity contribution is 5.94. The lowest BCUT2D eigenvalue weighted by Gasteiger charge is -2.16. The highest BCUT2D eigenvalue weighted by Crippen LogP contribution is 2.20. The Morgan fingerprint density at radius 1 is 1.35 bits per heavy atom. The van der Waals surface area contributed by atoms with Gasteiger partial charge in [-0.3, -0.25) is 4.79 Å². The lowest BCUT2D eigenvalue weighted by molar-refractivity contribution is 0.0694. The quantitative estimate of drug-likeness (QED) is 0.916. The second kappa shape index (κ2) is 6.51. The van der Waals surface area contributed by atoms with Crippen molar-refractivity contribution >= 4 is 11.9 Å². The molecule has 0 aliphatic carbocycles. The van der Waals surface area contributed by atoms with Crippen molar-refractivity contribution in [1.82, 2.24) is 4.90 Å². The van der Waals surface area contributed by atoms with Gasteiger partial charge in [-0.05, 0) is 31.2 Å². The summed E-state index contributed by atoms with van der Waals surface area (Å²) in [6, 6.07) is 5.20. The number of carboxylic acids is 1. The van der Waals surface area contributed by atoms with Crippen LogP contribution in [0.5, 0.6) is 5.75 Å². The second-order valence-electron chi connectivity index (χ2n) is 5.00. The van der Waals surface area contributed by atoms with Crippen molar-refractivity contribution in [3.8, 4) is 5.75 Å². The predicted octanol–water partition coefficient (Wildman–Crippen LogP) is 2.71. The summed E-state index contributed by atoms with van der Waals surface area (Å²) < 4.78 is 23.6. The van der Waals surface area contributed by atoms with Crippen LogP contribution in [0.3, 0.4) is 0 Å². The number of benzene rings is 1. The Morgan fingerprint density at radius 3 is 2.61 bits per heavy atom. The van der Waals surface area contributed by atoms with Gasteiger partial charge in [-0.2, -0.15) is 0 Å². The summed E-state index contributed by atoms with van der Waals surface area (Å²) in [6.45, 7) is 1.63. The van der Waals surface area contributed by atoms with E-state index in [0.29, 0.717) is 5.76 Å². The highest BCUT2D eigenvalue weighted by atomic mass is 19.1. The zero-order valence-corrected chi connectivity index (χ0v) is 12.9. The zero-order chi connectivity index (χ0) is 17.1. The molecule has 0 atom stereocenters. The van der Waals surface area contributed by atoms with E-state index in [2.05, 4.69) is 0 Å². The molecule has 0 unspecified atom stereocenters. The number of nitrogens with zero attached hydrogens (tertiary/aromatic N) is 1. The smallest absolute Gasteiger partial charge is 0.339 e. The van der Waals surface area contributed by atoms with E-state index in [1.54, 1.807) is 6.92 Å². The van der Waals surface area contributed by atoms with Gasteiger partial charge in [0.2, 0.25) is 0 Å². The number of amides is 1. The number of rotatable bonds is 5. The predicted molar refractivity (Wildman–Crippen MR) is 79.2 cm³/mol. The van der Waals surface area contributed by atoms with Crippen LogP contribution < -0.4 is 4.74 Å². The van der Waals surface area contributed by atoms with Gasteiger partial charge in [0.15, 0.2) is 11.6 Å². The fourth-order valence-corrected chi connectivity index (χ4v) is 2.15. The van der Waals surface area contributed by atoms with Gasteiger partial charge in [0, 0.05) is 12.6 Å². The van der Waals surface area contributed by atoms with Crippen LogP contribution in [0.1, 0.15) is 32.2 Å². The van der Waals surface area contributed by atoms with E-state index >= 15 is 0 Å². The first-order valence-electron chi connectivity index (χ1n) is 6.75. The number of aryl methyl sites for hydroxylation is 1. The molecule has 7 heteroatoms. The lowest BCUT2D eigenvalue weighted by atomic mass is 10.2. The van der Waals surface area contributed by atoms with E-state index in [0.717, 1.165) is 6.07 Å². The maximum absolute atomic E-state index is 13.4. The number of carbonyl (C=O) groups excluding carboxylic acids is 1. The molecule has 1 aromatic heterocycles. The van der Waals surface area contributed by atoms with Crippen molar-refractivity contribution in [2.24, 2.45) is 0 Å². The fraction of sp³-hybridized carbons (Fsp3) is 0.250. The van der Waals surface area contributed by atoms with Gasteiger partial charge in [0.25, 0.3) is 5.91 Å². The van der Waals surface area contributed by atoms with Crippen molar-refractivity contribution < 1.29 is 28.2 Å². The van der Waals surface area contributed by atoms with Crippen LogP contribution in [-0.2, 0) is 6.54 Å². The molecular weight excluding hydrogens is 305 g/mol. The fourth-order valence-electron chi connectivity index (χ4n) is 2.15. The summed E-state index contributed by atoms with van der Waals surface area (Å²) in [6.07, 6.45) is 0. The van der Waals surface area contributed by atoms with Gasteiger partial charge < -0.3 is 19.2 Å². The topological polar surface area (TPSA) is 80.0 Å². The van der Waals surface area contributed by atoms with Gasteiger partial charge in [0.1, 0.15) is 17.1 Å². The maximum Gasteiger partial charge on any atom is 0.339 e. The molecule has 23 heavy (non-hydrogen) atoms. The number of ether oxygens (including phenoxy) is 1. The van der Waals surface area contributed by atoms with E-state index in [9.17, 15) is 14.0 Å². The minimum absolute atomic E-state index is 0.0220. The first kappa shape index (κ1) is 16.5. The summed E-state index contributed by atoms with van der Waals surface area (Å²) >= 11 is 0. The van der Waals surface area contributed by atoms with E-state index < -0.39 is 11.8 Å². The van der Waals surface area contributed by atoms with Crippen molar-refractivity contribution in [1.29, 1.82) is 0 Å². The monoisotopic (exact) mass is 321 g/mol. The summed E-state index contributed by atoms with van der Waals surface area (Å²) in [5.41, 5.74) is 0.316. The number of methoxy groups -OCH3 is 1. The second-order valence-corrected chi connectivity index (χ2v) is 5.00. The minimum atomic E-state index is -1.09. The van der Waals surface area contributed by atoms with Crippen molar-refractivity contribution in [2.45, 2.75) is 13.5 Å². The Kier molecular flexibility index (Phi) is 4.68. The van der Waals surface area contributed by atoms with Gasteiger partial charge in [0.05, 0.1) is 13.7 Å². The van der Waals surface area contributed by atoms with Crippen LogP contribution in [0, 0.1) is 12.7 Å². The molecule has 2 aromatic rings. The van der Waals surface area contributed by atoms with Crippen LogP contribution in [0.4, 0.5) is 4.39 Å². The van der Waals surface area contributed by atoms with Crippen LogP contribution in [0.2, 0.25) is 0 Å². The standard InChI is InChI=1S/C16H16FNO5/c1-9-12(16(20)21)7-11(23-9)8-18(2)15(19)10-4-5-13(17)14(6-10)22-3/h4-7H,8H2,1-3H3,(H,20,21). The number of carbonyl (C=O) groups is 2. The van der Waals surface area contributed by atoms with Gasteiger partial charge in [-0.15, -0.1) is 0 Å². The summed E-state index contributed by atoms with van der Waals surface area (Å²) in [4.78, 5) is 24.7. The number of furan rings is 1. The summed E-state index contributed by atoms with van der Waals surface area (Å²) in [5.74, 6) is -1.41. The summed E-state index contributed by atoms with van der Waals surface area (Å²) in [7, 11) is 2.85. The largest absolute Gasteiger partial charge is 0.494 e. The first-order valence-corrected chi connectivity index (χ1v) is 6.75. The first-order chi connectivity index (χ1) is 10.8. The highest BCUT2D eigenvalue weighted by Gasteiger charge is 2.18. The molecule has 1 aromatic carbocycles. The molecule has 1 N–H and O–H groups in total. The van der Waals surface area contributed by atoms with E-state index in [4.69, 9.17) is 14.3 Å². The third-order valence-electron chi connectivity index (χ3n) is 3.34. The van der Waals surface area contributed by atoms with Gasteiger partial charge in [-0.1, -0.05) is 0 Å². The average Bonchev–Trinajstić information content (AvgIpc) is 2.87. The lowest BCUT2D eigenvalue weighted by Crippen LogP contribution is -2.26. The van der Waals surface area contributed by atoms with Gasteiger partial charge in [-0.25, -0.2) is 9.18 Å². The van der Waals surface area contributed by atoms with E-state index in [1.807, 2.05) is 0 Å². The molecule has 6 nitrogen and oxygen atoms in total.